The van der Waals surface area contributed by atoms with Gasteiger partial charge in [0.25, 0.3) is 11.8 Å². The number of nitrogens with zero attached hydrogens (tertiary/aromatic N) is 2. The number of hydrogen-bond acceptors (Lipinski definition) is 7. The monoisotopic (exact) mass is 638 g/mol. The van der Waals surface area contributed by atoms with E-state index in [0.29, 0.717) is 12.0 Å². The van der Waals surface area contributed by atoms with Gasteiger partial charge in [-0.15, -0.1) is 0 Å². The van der Waals surface area contributed by atoms with Crippen LogP contribution in [0.1, 0.15) is 59.9 Å². The zero-order valence-corrected chi connectivity index (χ0v) is 28.4. The molecule has 0 spiro atoms. The molecule has 6 amide bonds. The lowest BCUT2D eigenvalue weighted by Gasteiger charge is -2.38. The SMILES string of the molecule is CN[C@H](C(=O)NC(C(=O)N(C)C/C=C(\C)C(=O)NCCCC(=O)NCCN1C(=O)C=CC1=O)C(C)(C)C)C(C)(C)c1ccccc1. The molecule has 2 rings (SSSR count). The molecule has 1 aromatic carbocycles. The Balaban J connectivity index is 1.86. The van der Waals surface area contributed by atoms with Gasteiger partial charge in [-0.3, -0.25) is 33.7 Å². The van der Waals surface area contributed by atoms with E-state index in [-0.39, 0.29) is 56.2 Å². The van der Waals surface area contributed by atoms with Crippen molar-refractivity contribution in [2.45, 2.75) is 71.9 Å². The molecule has 1 aliphatic rings. The lowest BCUT2D eigenvalue weighted by Crippen LogP contribution is -2.60. The van der Waals surface area contributed by atoms with Gasteiger partial charge in [-0.25, -0.2) is 0 Å². The number of imide groups is 1. The Morgan fingerprint density at radius 1 is 0.913 bits per heavy atom. The molecule has 4 N–H and O–H groups in total. The first-order valence-corrected chi connectivity index (χ1v) is 15.5. The van der Waals surface area contributed by atoms with E-state index in [1.54, 1.807) is 27.1 Å². The summed E-state index contributed by atoms with van der Waals surface area (Å²) in [6, 6.07) is 8.33. The van der Waals surface area contributed by atoms with Gasteiger partial charge >= 0.3 is 0 Å². The van der Waals surface area contributed by atoms with Crippen molar-refractivity contribution in [3.63, 3.8) is 0 Å². The standard InChI is InChI=1S/C34H50N6O6/c1-23(30(44)37-19-12-15-25(41)36-20-22-40-26(42)16-17-27(40)43)18-21-39(8)32(46)29(33(2,3)4)38-31(45)28(35-7)34(5,6)24-13-10-9-11-14-24/h9-11,13-14,16-18,28-29,35H,12,15,19-22H2,1-8H3,(H,36,41)(H,37,44)(H,38,45)/b23-18+/t28-,29?/m1/s1. The molecule has 12 heteroatoms. The highest BCUT2D eigenvalue weighted by Gasteiger charge is 2.40. The Morgan fingerprint density at radius 3 is 2.09 bits per heavy atom. The second kappa shape index (κ2) is 16.8. The summed E-state index contributed by atoms with van der Waals surface area (Å²) in [7, 11) is 3.36. The van der Waals surface area contributed by atoms with E-state index in [1.165, 1.54) is 17.1 Å². The summed E-state index contributed by atoms with van der Waals surface area (Å²) < 4.78 is 0. The van der Waals surface area contributed by atoms with Crippen molar-refractivity contribution in [2.24, 2.45) is 5.41 Å². The zero-order chi connectivity index (χ0) is 34.7. The summed E-state index contributed by atoms with van der Waals surface area (Å²) in [5.74, 6) is -1.93. The number of benzene rings is 1. The average molecular weight is 639 g/mol. The van der Waals surface area contributed by atoms with E-state index in [1.807, 2.05) is 65.0 Å². The summed E-state index contributed by atoms with van der Waals surface area (Å²) >= 11 is 0. The third-order valence-electron chi connectivity index (χ3n) is 8.02. The molecule has 46 heavy (non-hydrogen) atoms. The smallest absolute Gasteiger partial charge is 0.253 e. The second-order valence-corrected chi connectivity index (χ2v) is 13.1. The minimum atomic E-state index is -0.811. The molecule has 0 aliphatic carbocycles. The number of amides is 6. The van der Waals surface area contributed by atoms with Crippen molar-refractivity contribution in [1.29, 1.82) is 0 Å². The van der Waals surface area contributed by atoms with Crippen LogP contribution in [0.5, 0.6) is 0 Å². The van der Waals surface area contributed by atoms with Gasteiger partial charge in [0, 0.05) is 62.8 Å². The lowest BCUT2D eigenvalue weighted by atomic mass is 9.76. The van der Waals surface area contributed by atoms with Gasteiger partial charge < -0.3 is 26.2 Å². The van der Waals surface area contributed by atoms with Crippen LogP contribution in [0.4, 0.5) is 0 Å². The Kier molecular flexibility index (Phi) is 13.9. The third-order valence-corrected chi connectivity index (χ3v) is 8.02. The van der Waals surface area contributed by atoms with Gasteiger partial charge in [-0.05, 0) is 31.4 Å². The van der Waals surface area contributed by atoms with E-state index in [2.05, 4.69) is 21.3 Å². The molecule has 252 valence electrons. The zero-order valence-electron chi connectivity index (χ0n) is 28.4. The minimum Gasteiger partial charge on any atom is -0.354 e. The molecule has 0 aromatic heterocycles. The predicted octanol–water partition coefficient (Wildman–Crippen LogP) is 1.43. The number of carbonyl (C=O) groups is 6. The number of hydrogen-bond donors (Lipinski definition) is 4. The van der Waals surface area contributed by atoms with Crippen LogP contribution in [0.25, 0.3) is 0 Å². The molecule has 1 aliphatic heterocycles. The molecule has 1 aromatic rings. The van der Waals surface area contributed by atoms with Gasteiger partial charge in [-0.1, -0.05) is 71.0 Å². The maximum absolute atomic E-state index is 13.6. The van der Waals surface area contributed by atoms with Gasteiger partial charge in [0.1, 0.15) is 6.04 Å². The molecule has 0 saturated carbocycles. The fraction of sp³-hybridized carbons (Fsp3) is 0.529. The van der Waals surface area contributed by atoms with Crippen molar-refractivity contribution in [3.8, 4) is 0 Å². The first kappa shape index (κ1) is 37.9. The summed E-state index contributed by atoms with van der Waals surface area (Å²) in [6.07, 6.45) is 4.59. The lowest BCUT2D eigenvalue weighted by molar-refractivity contribution is -0.139. The Hall–Kier alpha value is -4.32. The maximum Gasteiger partial charge on any atom is 0.253 e. The fourth-order valence-corrected chi connectivity index (χ4v) is 5.04. The van der Waals surface area contributed by atoms with Gasteiger partial charge in [-0.2, -0.15) is 0 Å². The Morgan fingerprint density at radius 2 is 1.52 bits per heavy atom. The van der Waals surface area contributed by atoms with Crippen LogP contribution >= 0.6 is 0 Å². The molecule has 0 bridgehead atoms. The number of carbonyl (C=O) groups excluding carboxylic acids is 6. The molecule has 0 fully saturated rings. The van der Waals surface area contributed by atoms with Crippen LogP contribution in [0.2, 0.25) is 0 Å². The molecule has 2 atom stereocenters. The quantitative estimate of drug-likeness (QED) is 0.121. The number of nitrogens with one attached hydrogen (secondary N) is 4. The molecule has 1 heterocycles. The molecule has 0 radical (unpaired) electrons. The van der Waals surface area contributed by atoms with Crippen molar-refractivity contribution < 1.29 is 28.8 Å². The normalized spacial score (nSPS) is 15.0. The van der Waals surface area contributed by atoms with E-state index in [0.717, 1.165) is 10.5 Å². The maximum atomic E-state index is 13.6. The van der Waals surface area contributed by atoms with Crippen molar-refractivity contribution in [1.82, 2.24) is 31.1 Å². The van der Waals surface area contributed by atoms with Gasteiger partial charge in [0.2, 0.25) is 23.6 Å². The highest BCUT2D eigenvalue weighted by Crippen LogP contribution is 2.28. The van der Waals surface area contributed by atoms with Crippen molar-refractivity contribution in [3.05, 3.63) is 59.7 Å². The minimum absolute atomic E-state index is 0.0971. The number of rotatable bonds is 16. The van der Waals surface area contributed by atoms with Gasteiger partial charge in [0.15, 0.2) is 0 Å². The van der Waals surface area contributed by atoms with Crippen LogP contribution in [0.3, 0.4) is 0 Å². The van der Waals surface area contributed by atoms with Crippen LogP contribution in [0.15, 0.2) is 54.1 Å². The fourth-order valence-electron chi connectivity index (χ4n) is 5.04. The highest BCUT2D eigenvalue weighted by molar-refractivity contribution is 6.12. The van der Waals surface area contributed by atoms with E-state index in [9.17, 15) is 28.8 Å². The van der Waals surface area contributed by atoms with Crippen LogP contribution < -0.4 is 21.3 Å². The van der Waals surface area contributed by atoms with Crippen molar-refractivity contribution >= 4 is 35.4 Å². The summed E-state index contributed by atoms with van der Waals surface area (Å²) in [4.78, 5) is 77.4. The summed E-state index contributed by atoms with van der Waals surface area (Å²) in [5.41, 5.74) is 0.265. The van der Waals surface area contributed by atoms with E-state index >= 15 is 0 Å². The Labute approximate surface area is 272 Å². The van der Waals surface area contributed by atoms with Crippen molar-refractivity contribution in [2.75, 3.05) is 40.3 Å². The molecule has 12 nitrogen and oxygen atoms in total. The molecular weight excluding hydrogens is 588 g/mol. The predicted molar refractivity (Wildman–Crippen MR) is 176 cm³/mol. The topological polar surface area (TPSA) is 157 Å². The molecule has 0 saturated heterocycles. The van der Waals surface area contributed by atoms with E-state index < -0.39 is 34.7 Å². The number of likely N-dealkylation sites (N-methyl/N-ethyl adjacent to an activating group) is 2. The third kappa shape index (κ3) is 10.6. The molecule has 1 unspecified atom stereocenters. The van der Waals surface area contributed by atoms with E-state index in [4.69, 9.17) is 0 Å². The Bertz CT molecular complexity index is 1310. The second-order valence-electron chi connectivity index (χ2n) is 13.1. The highest BCUT2D eigenvalue weighted by atomic mass is 16.2. The first-order chi connectivity index (χ1) is 21.5. The van der Waals surface area contributed by atoms with Crippen LogP contribution in [0, 0.1) is 5.41 Å². The largest absolute Gasteiger partial charge is 0.354 e. The average Bonchev–Trinajstić information content (AvgIpc) is 3.32. The van der Waals surface area contributed by atoms with Crippen LogP contribution in [-0.2, 0) is 34.2 Å². The summed E-state index contributed by atoms with van der Waals surface area (Å²) in [6.45, 7) is 12.0. The summed E-state index contributed by atoms with van der Waals surface area (Å²) in [5, 5.41) is 11.5. The first-order valence-electron chi connectivity index (χ1n) is 15.5. The molecular formula is C34H50N6O6. The van der Waals surface area contributed by atoms with Gasteiger partial charge in [0.05, 0.1) is 6.04 Å². The van der Waals surface area contributed by atoms with Crippen LogP contribution in [-0.4, -0.2) is 97.6 Å².